The zero-order valence-electron chi connectivity index (χ0n) is 13.6. The van der Waals surface area contributed by atoms with Crippen LogP contribution in [0.15, 0.2) is 42.5 Å². The van der Waals surface area contributed by atoms with Crippen molar-refractivity contribution in [3.63, 3.8) is 0 Å². The maximum Gasteiger partial charge on any atom is 0.324 e. The molecule has 0 unspecified atom stereocenters. The summed E-state index contributed by atoms with van der Waals surface area (Å²) in [5.74, 6) is -1.54. The van der Waals surface area contributed by atoms with Gasteiger partial charge in [-0.25, -0.2) is 18.6 Å². The lowest BCUT2D eigenvalue weighted by Gasteiger charge is -2.09. The Hall–Kier alpha value is -2.80. The molecule has 4 nitrogen and oxygen atoms in total. The second kappa shape index (κ2) is 6.98. The van der Waals surface area contributed by atoms with E-state index in [2.05, 4.69) is 15.6 Å². The summed E-state index contributed by atoms with van der Waals surface area (Å²) in [6, 6.07) is 10.0. The molecule has 3 aromatic rings. The van der Waals surface area contributed by atoms with E-state index in [9.17, 15) is 13.6 Å². The number of carbonyl (C=O) groups excluding carboxylic acids is 1. The van der Waals surface area contributed by atoms with E-state index in [0.717, 1.165) is 22.2 Å². The van der Waals surface area contributed by atoms with Crippen LogP contribution in [0.25, 0.3) is 11.3 Å². The summed E-state index contributed by atoms with van der Waals surface area (Å²) < 4.78 is 26.6. The van der Waals surface area contributed by atoms with Crippen molar-refractivity contribution >= 4 is 28.1 Å². The Balaban J connectivity index is 1.84. The Morgan fingerprint density at radius 2 is 1.84 bits per heavy atom. The number of amides is 2. The van der Waals surface area contributed by atoms with Crippen LogP contribution >= 0.6 is 11.3 Å². The summed E-state index contributed by atoms with van der Waals surface area (Å²) >= 11 is 1.33. The third-order valence-corrected chi connectivity index (χ3v) is 4.43. The zero-order valence-corrected chi connectivity index (χ0v) is 14.4. The molecule has 128 valence electrons. The van der Waals surface area contributed by atoms with E-state index in [1.54, 1.807) is 0 Å². The predicted molar refractivity (Wildman–Crippen MR) is 96.0 cm³/mol. The van der Waals surface area contributed by atoms with Crippen molar-refractivity contribution in [2.45, 2.75) is 13.8 Å². The number of carbonyl (C=O) groups is 1. The van der Waals surface area contributed by atoms with Gasteiger partial charge in [-0.2, -0.15) is 0 Å². The molecule has 3 rings (SSSR count). The number of hydrogen-bond acceptors (Lipinski definition) is 3. The van der Waals surface area contributed by atoms with Crippen molar-refractivity contribution in [1.29, 1.82) is 0 Å². The first-order chi connectivity index (χ1) is 11.9. The van der Waals surface area contributed by atoms with Crippen LogP contribution in [-0.2, 0) is 0 Å². The smallest absolute Gasteiger partial charge is 0.305 e. The molecule has 0 radical (unpaired) electrons. The van der Waals surface area contributed by atoms with E-state index in [0.29, 0.717) is 16.8 Å². The monoisotopic (exact) mass is 359 g/mol. The molecular weight excluding hydrogens is 344 g/mol. The van der Waals surface area contributed by atoms with Crippen LogP contribution < -0.4 is 10.6 Å². The molecule has 0 aliphatic rings. The number of nitrogens with zero attached hydrogens (tertiary/aromatic N) is 1. The lowest BCUT2D eigenvalue weighted by molar-refractivity contribution is 0.262. The lowest BCUT2D eigenvalue weighted by atomic mass is 10.1. The van der Waals surface area contributed by atoms with Crippen molar-refractivity contribution in [3.8, 4) is 11.3 Å². The van der Waals surface area contributed by atoms with Crippen molar-refractivity contribution in [1.82, 2.24) is 4.98 Å². The van der Waals surface area contributed by atoms with Crippen molar-refractivity contribution < 1.29 is 13.6 Å². The molecule has 7 heteroatoms. The molecule has 0 saturated carbocycles. The molecule has 2 aromatic carbocycles. The maximum atomic E-state index is 13.7. The van der Waals surface area contributed by atoms with Gasteiger partial charge in [0.1, 0.15) is 22.3 Å². The number of hydrogen-bond donors (Lipinski definition) is 2. The Morgan fingerprint density at radius 3 is 2.56 bits per heavy atom. The van der Waals surface area contributed by atoms with Gasteiger partial charge in [-0.3, -0.25) is 5.32 Å². The first kappa shape index (κ1) is 17.0. The molecule has 0 saturated heterocycles. The topological polar surface area (TPSA) is 54.0 Å². The molecule has 1 heterocycles. The summed E-state index contributed by atoms with van der Waals surface area (Å²) in [6.45, 7) is 3.80. The number of nitrogens with one attached hydrogen (secondary N) is 2. The Bertz CT molecular complexity index is 940. The first-order valence-electron chi connectivity index (χ1n) is 7.50. The van der Waals surface area contributed by atoms with Gasteiger partial charge in [0.25, 0.3) is 0 Å². The average Bonchev–Trinajstić information content (AvgIpc) is 2.91. The van der Waals surface area contributed by atoms with Gasteiger partial charge in [0.15, 0.2) is 0 Å². The van der Waals surface area contributed by atoms with Crippen molar-refractivity contribution in [2.24, 2.45) is 0 Å². The van der Waals surface area contributed by atoms with Gasteiger partial charge in [0.2, 0.25) is 0 Å². The third-order valence-electron chi connectivity index (χ3n) is 3.54. The maximum absolute atomic E-state index is 13.7. The Kier molecular flexibility index (Phi) is 4.76. The minimum Gasteiger partial charge on any atom is -0.305 e. The molecule has 2 amide bonds. The second-order valence-corrected chi connectivity index (χ2v) is 6.63. The number of urea groups is 1. The van der Waals surface area contributed by atoms with Gasteiger partial charge in [-0.05, 0) is 31.5 Å². The lowest BCUT2D eigenvalue weighted by Crippen LogP contribution is -2.20. The molecule has 1 aromatic heterocycles. The fraction of sp³-hybridized carbons (Fsp3) is 0.111. The summed E-state index contributed by atoms with van der Waals surface area (Å²) in [6.07, 6.45) is 0. The van der Waals surface area contributed by atoms with E-state index in [1.807, 2.05) is 38.1 Å². The highest BCUT2D eigenvalue weighted by Crippen LogP contribution is 2.34. The number of anilines is 2. The quantitative estimate of drug-likeness (QED) is 0.662. The van der Waals surface area contributed by atoms with Gasteiger partial charge >= 0.3 is 6.03 Å². The van der Waals surface area contributed by atoms with Crippen LogP contribution in [0.3, 0.4) is 0 Å². The summed E-state index contributed by atoms with van der Waals surface area (Å²) in [4.78, 5) is 16.7. The minimum absolute atomic E-state index is 0.0995. The fourth-order valence-electron chi connectivity index (χ4n) is 2.38. The molecule has 0 aliphatic carbocycles. The third kappa shape index (κ3) is 3.83. The number of aryl methyl sites for hydroxylation is 2. The zero-order chi connectivity index (χ0) is 18.0. The van der Waals surface area contributed by atoms with Gasteiger partial charge in [0.05, 0.1) is 10.7 Å². The molecule has 0 fully saturated rings. The average molecular weight is 359 g/mol. The normalized spacial score (nSPS) is 10.6. The van der Waals surface area contributed by atoms with E-state index >= 15 is 0 Å². The van der Waals surface area contributed by atoms with Crippen LogP contribution in [0.4, 0.5) is 24.3 Å². The van der Waals surface area contributed by atoms with Gasteiger partial charge in [0, 0.05) is 11.6 Å². The number of halogens is 2. The highest BCUT2D eigenvalue weighted by atomic mass is 32.1. The van der Waals surface area contributed by atoms with Crippen LogP contribution in [0.5, 0.6) is 0 Å². The predicted octanol–water partition coefficient (Wildman–Crippen LogP) is 5.35. The Morgan fingerprint density at radius 1 is 1.08 bits per heavy atom. The number of aromatic nitrogens is 1. The van der Waals surface area contributed by atoms with Crippen LogP contribution in [-0.4, -0.2) is 11.0 Å². The van der Waals surface area contributed by atoms with E-state index in [-0.39, 0.29) is 5.69 Å². The van der Waals surface area contributed by atoms with Crippen molar-refractivity contribution in [3.05, 3.63) is 64.7 Å². The number of rotatable bonds is 3. The van der Waals surface area contributed by atoms with Crippen LogP contribution in [0.2, 0.25) is 0 Å². The molecule has 2 N–H and O–H groups in total. The van der Waals surface area contributed by atoms with Crippen LogP contribution in [0, 0.1) is 25.5 Å². The number of thiazole rings is 1. The van der Waals surface area contributed by atoms with E-state index < -0.39 is 17.7 Å². The fourth-order valence-corrected chi connectivity index (χ4v) is 3.21. The number of benzene rings is 2. The summed E-state index contributed by atoms with van der Waals surface area (Å²) in [5.41, 5.74) is 2.50. The second-order valence-electron chi connectivity index (χ2n) is 5.43. The minimum atomic E-state index is -0.838. The highest BCUT2D eigenvalue weighted by Gasteiger charge is 2.16. The largest absolute Gasteiger partial charge is 0.324 e. The molecular formula is C18H15F2N3OS. The van der Waals surface area contributed by atoms with E-state index in [4.69, 9.17) is 0 Å². The standard InChI is InChI=1S/C18H15F2N3OS/c1-10-5-3-4-6-13(10)16-17(25-11(2)21-16)23-18(24)22-15-8-7-12(19)9-14(15)20/h3-9H,1-2H3,(H2,22,23,24). The van der Waals surface area contributed by atoms with Gasteiger partial charge in [-0.15, -0.1) is 11.3 Å². The van der Waals surface area contributed by atoms with Gasteiger partial charge < -0.3 is 5.32 Å². The highest BCUT2D eigenvalue weighted by molar-refractivity contribution is 7.16. The first-order valence-corrected chi connectivity index (χ1v) is 8.32. The Labute approximate surface area is 147 Å². The summed E-state index contributed by atoms with van der Waals surface area (Å²) in [7, 11) is 0. The van der Waals surface area contributed by atoms with Crippen molar-refractivity contribution in [2.75, 3.05) is 10.6 Å². The molecule has 25 heavy (non-hydrogen) atoms. The van der Waals surface area contributed by atoms with Gasteiger partial charge in [-0.1, -0.05) is 24.3 Å². The molecule has 0 bridgehead atoms. The SMILES string of the molecule is Cc1nc(-c2ccccc2C)c(NC(=O)Nc2ccc(F)cc2F)s1. The molecule has 0 atom stereocenters. The van der Waals surface area contributed by atoms with E-state index in [1.165, 1.54) is 17.4 Å². The summed E-state index contributed by atoms with van der Waals surface area (Å²) in [5, 5.41) is 6.42. The van der Waals surface area contributed by atoms with Crippen LogP contribution in [0.1, 0.15) is 10.6 Å². The molecule has 0 spiro atoms. The molecule has 0 aliphatic heterocycles.